The highest BCUT2D eigenvalue weighted by Gasteiger charge is 2.39. The van der Waals surface area contributed by atoms with Crippen LogP contribution in [0.1, 0.15) is 42.5 Å². The molecule has 0 saturated heterocycles. The van der Waals surface area contributed by atoms with Crippen LogP contribution in [-0.2, 0) is 5.41 Å². The average molecular weight is 909 g/mol. The van der Waals surface area contributed by atoms with Gasteiger partial charge in [0.1, 0.15) is 0 Å². The van der Waals surface area contributed by atoms with Crippen molar-refractivity contribution in [2.45, 2.75) is 25.7 Å². The summed E-state index contributed by atoms with van der Waals surface area (Å²) in [6.07, 6.45) is 4.94. The van der Waals surface area contributed by atoms with Gasteiger partial charge in [0, 0.05) is 38.3 Å². The Balaban J connectivity index is 1.12. The molecule has 0 radical (unpaired) electrons. The molecular formula is C67H48N4. The molecule has 0 aliphatic heterocycles. The molecule has 10 aromatic carbocycles. The number of para-hydroxylation sites is 1. The van der Waals surface area contributed by atoms with E-state index in [1.54, 1.807) is 0 Å². The Kier molecular flexibility index (Phi) is 9.86. The van der Waals surface area contributed by atoms with E-state index in [2.05, 4.69) is 226 Å². The van der Waals surface area contributed by atoms with Gasteiger partial charge in [-0.1, -0.05) is 239 Å². The van der Waals surface area contributed by atoms with Gasteiger partial charge in [-0.05, 0) is 89.8 Å². The largest absolute Gasteiger partial charge is 0.277 e. The van der Waals surface area contributed by atoms with Crippen LogP contribution in [0.25, 0.3) is 129 Å². The van der Waals surface area contributed by atoms with Gasteiger partial charge in [-0.15, -0.1) is 0 Å². The maximum absolute atomic E-state index is 5.53. The Labute approximate surface area is 413 Å². The molecule has 4 nitrogen and oxygen atoms in total. The number of hydrogen-bond donors (Lipinski definition) is 0. The molecule has 4 heteroatoms. The molecule has 0 bridgehead atoms. The first-order valence-electron chi connectivity index (χ1n) is 24.5. The standard InChI is InChI=1S/C67H48N4/c1-5-50-51(6-2)61-56-28-18-27-53(49-38-39-58-57(41-49)60-52-24-15-14-23-46(52)37-40-59(60)67(58,4)7-3)62(56)71(63(61)55-26-17-16-25-54(50)55)66-69-64(47-33-29-44(30-34-47)42-19-10-8-11-20-42)68-65(70-66)48-35-31-45(32-36-48)43-21-12-9-13-22-43/h5-6,8-41H,1-2,7H2,3-4H3. The Bertz CT molecular complexity index is 4010. The molecule has 336 valence electrons. The third kappa shape index (κ3) is 6.56. The van der Waals surface area contributed by atoms with Crippen LogP contribution in [0, 0.1) is 0 Å². The first-order chi connectivity index (χ1) is 34.9. The molecule has 1 unspecified atom stereocenters. The van der Waals surface area contributed by atoms with Crippen LogP contribution in [-0.4, -0.2) is 19.5 Å². The monoisotopic (exact) mass is 908 g/mol. The van der Waals surface area contributed by atoms with Crippen molar-refractivity contribution in [1.29, 1.82) is 0 Å². The van der Waals surface area contributed by atoms with Gasteiger partial charge in [0.05, 0.1) is 11.0 Å². The summed E-state index contributed by atoms with van der Waals surface area (Å²) in [5, 5.41) is 6.83. The smallest absolute Gasteiger partial charge is 0.238 e. The van der Waals surface area contributed by atoms with E-state index in [1.807, 2.05) is 24.3 Å². The topological polar surface area (TPSA) is 43.6 Å². The summed E-state index contributed by atoms with van der Waals surface area (Å²) in [5.74, 6) is 1.69. The summed E-state index contributed by atoms with van der Waals surface area (Å²) in [5.41, 5.74) is 17.8. The summed E-state index contributed by atoms with van der Waals surface area (Å²) in [7, 11) is 0. The van der Waals surface area contributed by atoms with Crippen molar-refractivity contribution >= 4 is 55.5 Å². The van der Waals surface area contributed by atoms with Crippen molar-refractivity contribution in [2.24, 2.45) is 0 Å². The highest BCUT2D eigenvalue weighted by molar-refractivity contribution is 6.25. The summed E-state index contributed by atoms with van der Waals surface area (Å²) in [6.45, 7) is 13.5. The predicted octanol–water partition coefficient (Wildman–Crippen LogP) is 17.6. The van der Waals surface area contributed by atoms with Crippen molar-refractivity contribution in [1.82, 2.24) is 19.5 Å². The van der Waals surface area contributed by atoms with Crippen molar-refractivity contribution < 1.29 is 0 Å². The molecule has 13 rings (SSSR count). The average Bonchev–Trinajstić information content (AvgIpc) is 3.93. The lowest BCUT2D eigenvalue weighted by atomic mass is 9.77. The normalized spacial score (nSPS) is 14.0. The minimum absolute atomic E-state index is 0.122. The molecule has 2 aromatic heterocycles. The van der Waals surface area contributed by atoms with Crippen LogP contribution in [0.3, 0.4) is 0 Å². The minimum atomic E-state index is -0.122. The van der Waals surface area contributed by atoms with E-state index in [0.717, 1.165) is 94.6 Å². The second-order valence-electron chi connectivity index (χ2n) is 18.9. The summed E-state index contributed by atoms with van der Waals surface area (Å²) >= 11 is 0. The zero-order chi connectivity index (χ0) is 47.8. The zero-order valence-corrected chi connectivity index (χ0v) is 39.7. The third-order valence-electron chi connectivity index (χ3n) is 15.2. The predicted molar refractivity (Wildman–Crippen MR) is 299 cm³/mol. The lowest BCUT2D eigenvalue weighted by Crippen LogP contribution is -2.19. The fourth-order valence-electron chi connectivity index (χ4n) is 11.5. The lowest BCUT2D eigenvalue weighted by molar-refractivity contribution is 0.565. The highest BCUT2D eigenvalue weighted by Crippen LogP contribution is 2.54. The van der Waals surface area contributed by atoms with Crippen molar-refractivity contribution in [2.75, 3.05) is 0 Å². The first-order valence-corrected chi connectivity index (χ1v) is 24.5. The van der Waals surface area contributed by atoms with Gasteiger partial charge >= 0.3 is 0 Å². The number of aromatic nitrogens is 4. The number of benzene rings is 10. The molecule has 0 fully saturated rings. The Morgan fingerprint density at radius 1 is 0.437 bits per heavy atom. The first kappa shape index (κ1) is 42.1. The van der Waals surface area contributed by atoms with Crippen molar-refractivity contribution in [3.05, 3.63) is 242 Å². The Hall–Kier alpha value is -8.99. The Morgan fingerprint density at radius 3 is 1.58 bits per heavy atom. The van der Waals surface area contributed by atoms with Crippen molar-refractivity contribution in [3.8, 4) is 73.2 Å². The summed E-state index contributed by atoms with van der Waals surface area (Å²) in [6, 6.07) is 73.9. The van der Waals surface area contributed by atoms with Crippen LogP contribution in [0.5, 0.6) is 0 Å². The lowest BCUT2D eigenvalue weighted by Gasteiger charge is -2.26. The van der Waals surface area contributed by atoms with E-state index in [-0.39, 0.29) is 5.41 Å². The molecular weight excluding hydrogens is 861 g/mol. The molecule has 2 heterocycles. The van der Waals surface area contributed by atoms with E-state index in [1.165, 1.54) is 33.0 Å². The molecule has 0 spiro atoms. The van der Waals surface area contributed by atoms with E-state index in [4.69, 9.17) is 15.0 Å². The number of hydrogen-bond acceptors (Lipinski definition) is 3. The quantitative estimate of drug-likeness (QED) is 0.145. The number of nitrogens with zero attached hydrogens (tertiary/aromatic N) is 4. The van der Waals surface area contributed by atoms with Gasteiger partial charge in [0.25, 0.3) is 0 Å². The van der Waals surface area contributed by atoms with Crippen LogP contribution < -0.4 is 0 Å². The van der Waals surface area contributed by atoms with Gasteiger partial charge < -0.3 is 0 Å². The second-order valence-corrected chi connectivity index (χ2v) is 18.9. The molecule has 1 aliphatic carbocycles. The maximum atomic E-state index is 5.53. The minimum Gasteiger partial charge on any atom is -0.277 e. The van der Waals surface area contributed by atoms with Crippen LogP contribution in [0.4, 0.5) is 0 Å². The molecule has 0 saturated carbocycles. The maximum Gasteiger partial charge on any atom is 0.238 e. The Morgan fingerprint density at radius 2 is 0.958 bits per heavy atom. The fourth-order valence-corrected chi connectivity index (χ4v) is 11.5. The van der Waals surface area contributed by atoms with Gasteiger partial charge in [0.2, 0.25) is 5.95 Å². The fraction of sp³-hybridized carbons (Fsp3) is 0.0597. The van der Waals surface area contributed by atoms with Crippen LogP contribution >= 0.6 is 0 Å². The highest BCUT2D eigenvalue weighted by atomic mass is 15.2. The third-order valence-corrected chi connectivity index (χ3v) is 15.2. The summed E-state index contributed by atoms with van der Waals surface area (Å²) < 4.78 is 2.31. The SMILES string of the molecule is C=Cc1c(C=C)c2c3cccc(-c4ccc5c(c4)-c4c(ccc6ccccc46)C5(C)CC)c3n(-c3nc(-c4ccc(-c5ccccc5)cc4)nc(-c4ccc(-c5ccccc5)cc4)n3)c2c2ccccc12. The van der Waals surface area contributed by atoms with E-state index < -0.39 is 0 Å². The van der Waals surface area contributed by atoms with E-state index in [0.29, 0.717) is 17.6 Å². The van der Waals surface area contributed by atoms with Crippen LogP contribution in [0.2, 0.25) is 0 Å². The molecule has 0 N–H and O–H groups in total. The zero-order valence-electron chi connectivity index (χ0n) is 39.7. The van der Waals surface area contributed by atoms with Gasteiger partial charge in [-0.3, -0.25) is 4.57 Å². The molecule has 1 aliphatic rings. The van der Waals surface area contributed by atoms with Gasteiger partial charge in [0.15, 0.2) is 11.6 Å². The number of fused-ring (bicyclic) bond motifs is 10. The van der Waals surface area contributed by atoms with Gasteiger partial charge in [-0.2, -0.15) is 9.97 Å². The summed E-state index contributed by atoms with van der Waals surface area (Å²) in [4.78, 5) is 16.3. The molecule has 0 amide bonds. The number of rotatable bonds is 9. The molecule has 71 heavy (non-hydrogen) atoms. The van der Waals surface area contributed by atoms with Crippen LogP contribution in [0.15, 0.2) is 219 Å². The second kappa shape index (κ2) is 16.6. The van der Waals surface area contributed by atoms with E-state index in [9.17, 15) is 0 Å². The van der Waals surface area contributed by atoms with Crippen molar-refractivity contribution in [3.63, 3.8) is 0 Å². The molecule has 12 aromatic rings. The van der Waals surface area contributed by atoms with Gasteiger partial charge in [-0.25, -0.2) is 4.98 Å². The van der Waals surface area contributed by atoms with E-state index >= 15 is 0 Å². The molecule has 1 atom stereocenters.